The summed E-state index contributed by atoms with van der Waals surface area (Å²) in [5, 5.41) is 2.11. The molecular formula is C17H20N2O2S. The average molecular weight is 316 g/mol. The normalized spacial score (nSPS) is 15.7. The summed E-state index contributed by atoms with van der Waals surface area (Å²) in [7, 11) is 0. The van der Waals surface area contributed by atoms with E-state index in [-0.39, 0.29) is 12.5 Å². The summed E-state index contributed by atoms with van der Waals surface area (Å²) in [6.45, 7) is 4.52. The third-order valence-corrected chi connectivity index (χ3v) is 4.65. The lowest BCUT2D eigenvalue weighted by Crippen LogP contribution is -2.49. The van der Waals surface area contributed by atoms with Crippen LogP contribution in [0.2, 0.25) is 0 Å². The average Bonchev–Trinajstić information content (AvgIpc) is 3.07. The maximum absolute atomic E-state index is 12.2. The molecule has 116 valence electrons. The first kappa shape index (κ1) is 15.1. The van der Waals surface area contributed by atoms with E-state index in [9.17, 15) is 4.79 Å². The number of ether oxygens (including phenoxy) is 1. The fourth-order valence-electron chi connectivity index (χ4n) is 2.53. The quantitative estimate of drug-likeness (QED) is 0.849. The molecule has 0 aliphatic carbocycles. The van der Waals surface area contributed by atoms with Crippen LogP contribution in [0.4, 0.5) is 0 Å². The van der Waals surface area contributed by atoms with Crippen LogP contribution >= 0.6 is 11.3 Å². The highest BCUT2D eigenvalue weighted by atomic mass is 32.1. The Hall–Kier alpha value is -1.85. The molecule has 1 fully saturated rings. The number of rotatable bonds is 5. The lowest BCUT2D eigenvalue weighted by atomic mass is 10.3. The lowest BCUT2D eigenvalue weighted by molar-refractivity contribution is -0.135. The van der Waals surface area contributed by atoms with Crippen molar-refractivity contribution >= 4 is 17.2 Å². The van der Waals surface area contributed by atoms with E-state index >= 15 is 0 Å². The van der Waals surface area contributed by atoms with Crippen molar-refractivity contribution < 1.29 is 9.53 Å². The number of hydrogen-bond acceptors (Lipinski definition) is 4. The molecule has 1 saturated heterocycles. The Morgan fingerprint density at radius 1 is 1.05 bits per heavy atom. The molecule has 0 spiro atoms. The Bertz CT molecular complexity index is 578. The summed E-state index contributed by atoms with van der Waals surface area (Å²) in [5.41, 5.74) is 0. The first-order chi connectivity index (χ1) is 10.8. The second-order valence-corrected chi connectivity index (χ2v) is 6.37. The molecule has 1 amide bonds. The lowest BCUT2D eigenvalue weighted by Gasteiger charge is -2.34. The summed E-state index contributed by atoms with van der Waals surface area (Å²) < 4.78 is 5.53. The maximum Gasteiger partial charge on any atom is 0.260 e. The minimum absolute atomic E-state index is 0.0691. The molecule has 1 aromatic heterocycles. The van der Waals surface area contributed by atoms with E-state index < -0.39 is 0 Å². The smallest absolute Gasteiger partial charge is 0.260 e. The number of carbonyl (C=O) groups excluding carboxylic acids is 1. The Balaban J connectivity index is 1.42. The number of nitrogens with zero attached hydrogens (tertiary/aromatic N) is 2. The fraction of sp³-hybridized carbons (Fsp3) is 0.353. The monoisotopic (exact) mass is 316 g/mol. The van der Waals surface area contributed by atoms with Crippen molar-refractivity contribution in [3.63, 3.8) is 0 Å². The van der Waals surface area contributed by atoms with E-state index in [1.807, 2.05) is 35.2 Å². The number of piperazine rings is 1. The van der Waals surface area contributed by atoms with Gasteiger partial charge in [-0.15, -0.1) is 11.3 Å². The van der Waals surface area contributed by atoms with Crippen molar-refractivity contribution in [2.45, 2.75) is 6.54 Å². The Morgan fingerprint density at radius 3 is 2.50 bits per heavy atom. The molecule has 0 N–H and O–H groups in total. The van der Waals surface area contributed by atoms with Gasteiger partial charge in [0.15, 0.2) is 6.61 Å². The van der Waals surface area contributed by atoms with Gasteiger partial charge in [0, 0.05) is 37.6 Å². The number of thiophene rings is 1. The van der Waals surface area contributed by atoms with Gasteiger partial charge in [0.2, 0.25) is 0 Å². The van der Waals surface area contributed by atoms with E-state index in [0.717, 1.165) is 38.5 Å². The van der Waals surface area contributed by atoms with E-state index in [1.54, 1.807) is 11.3 Å². The van der Waals surface area contributed by atoms with Gasteiger partial charge in [0.25, 0.3) is 5.91 Å². The number of carbonyl (C=O) groups is 1. The molecule has 0 atom stereocenters. The highest BCUT2D eigenvalue weighted by molar-refractivity contribution is 7.09. The predicted molar refractivity (Wildman–Crippen MR) is 88.1 cm³/mol. The Labute approximate surface area is 134 Å². The van der Waals surface area contributed by atoms with Crippen molar-refractivity contribution in [3.8, 4) is 5.75 Å². The standard InChI is InChI=1S/C17H20N2O2S/c20-17(14-21-15-5-2-1-3-6-15)19-10-8-18(9-11-19)13-16-7-4-12-22-16/h1-7,12H,8-11,13-14H2. The van der Waals surface area contributed by atoms with Gasteiger partial charge in [-0.2, -0.15) is 0 Å². The van der Waals surface area contributed by atoms with E-state index in [1.165, 1.54) is 4.88 Å². The molecule has 2 aromatic rings. The fourth-order valence-corrected chi connectivity index (χ4v) is 3.28. The van der Waals surface area contributed by atoms with Crippen LogP contribution < -0.4 is 4.74 Å². The SMILES string of the molecule is O=C(COc1ccccc1)N1CCN(Cc2cccs2)CC1. The van der Waals surface area contributed by atoms with Crippen LogP contribution in [0, 0.1) is 0 Å². The topological polar surface area (TPSA) is 32.8 Å². The van der Waals surface area contributed by atoms with E-state index in [0.29, 0.717) is 0 Å². The number of para-hydroxylation sites is 1. The molecule has 0 radical (unpaired) electrons. The van der Waals surface area contributed by atoms with Crippen LogP contribution in [-0.2, 0) is 11.3 Å². The number of benzene rings is 1. The minimum atomic E-state index is 0.0691. The Kier molecular flexibility index (Phi) is 5.08. The zero-order chi connectivity index (χ0) is 15.2. The van der Waals surface area contributed by atoms with Crippen molar-refractivity contribution in [1.82, 2.24) is 9.80 Å². The predicted octanol–water partition coefficient (Wildman–Crippen LogP) is 2.47. The second-order valence-electron chi connectivity index (χ2n) is 5.34. The molecule has 2 heterocycles. The van der Waals surface area contributed by atoms with Crippen molar-refractivity contribution in [1.29, 1.82) is 0 Å². The molecule has 1 aliphatic heterocycles. The van der Waals surface area contributed by atoms with Crippen LogP contribution in [0.15, 0.2) is 47.8 Å². The first-order valence-electron chi connectivity index (χ1n) is 7.51. The number of amides is 1. The summed E-state index contributed by atoms with van der Waals surface area (Å²) in [6.07, 6.45) is 0. The van der Waals surface area contributed by atoms with Gasteiger partial charge in [-0.05, 0) is 23.6 Å². The Morgan fingerprint density at radius 2 is 1.82 bits per heavy atom. The third kappa shape index (κ3) is 4.08. The second kappa shape index (κ2) is 7.42. The van der Waals surface area contributed by atoms with E-state index in [4.69, 9.17) is 4.74 Å². The molecule has 3 rings (SSSR count). The number of hydrogen-bond donors (Lipinski definition) is 0. The molecule has 4 nitrogen and oxygen atoms in total. The maximum atomic E-state index is 12.2. The first-order valence-corrected chi connectivity index (χ1v) is 8.39. The molecule has 0 unspecified atom stereocenters. The van der Waals surface area contributed by atoms with Gasteiger partial charge in [0.1, 0.15) is 5.75 Å². The van der Waals surface area contributed by atoms with Crippen molar-refractivity contribution in [2.24, 2.45) is 0 Å². The van der Waals surface area contributed by atoms with Crippen LogP contribution in [0.5, 0.6) is 5.75 Å². The zero-order valence-electron chi connectivity index (χ0n) is 12.5. The van der Waals surface area contributed by atoms with Gasteiger partial charge >= 0.3 is 0 Å². The van der Waals surface area contributed by atoms with Crippen LogP contribution in [0.25, 0.3) is 0 Å². The molecule has 22 heavy (non-hydrogen) atoms. The molecule has 1 aliphatic rings. The van der Waals surface area contributed by atoms with E-state index in [2.05, 4.69) is 22.4 Å². The highest BCUT2D eigenvalue weighted by Crippen LogP contribution is 2.14. The van der Waals surface area contributed by atoms with Gasteiger partial charge in [0.05, 0.1) is 0 Å². The highest BCUT2D eigenvalue weighted by Gasteiger charge is 2.21. The molecular weight excluding hydrogens is 296 g/mol. The largest absolute Gasteiger partial charge is 0.484 e. The third-order valence-electron chi connectivity index (χ3n) is 3.79. The van der Waals surface area contributed by atoms with Crippen LogP contribution in [0.1, 0.15) is 4.88 Å². The molecule has 1 aromatic carbocycles. The zero-order valence-corrected chi connectivity index (χ0v) is 13.3. The van der Waals surface area contributed by atoms with Crippen molar-refractivity contribution in [2.75, 3.05) is 32.8 Å². The van der Waals surface area contributed by atoms with Gasteiger partial charge in [-0.3, -0.25) is 9.69 Å². The van der Waals surface area contributed by atoms with Crippen LogP contribution in [-0.4, -0.2) is 48.5 Å². The molecule has 0 saturated carbocycles. The molecule has 0 bridgehead atoms. The summed E-state index contributed by atoms with van der Waals surface area (Å²) in [4.78, 5) is 17.9. The van der Waals surface area contributed by atoms with Gasteiger partial charge < -0.3 is 9.64 Å². The van der Waals surface area contributed by atoms with Gasteiger partial charge in [-0.1, -0.05) is 24.3 Å². The summed E-state index contributed by atoms with van der Waals surface area (Å²) in [6, 6.07) is 13.7. The summed E-state index contributed by atoms with van der Waals surface area (Å²) in [5.74, 6) is 0.812. The summed E-state index contributed by atoms with van der Waals surface area (Å²) >= 11 is 1.79. The molecule has 5 heteroatoms. The van der Waals surface area contributed by atoms with Crippen molar-refractivity contribution in [3.05, 3.63) is 52.7 Å². The van der Waals surface area contributed by atoms with Crippen LogP contribution in [0.3, 0.4) is 0 Å². The minimum Gasteiger partial charge on any atom is -0.484 e. The van der Waals surface area contributed by atoms with Gasteiger partial charge in [-0.25, -0.2) is 0 Å².